The van der Waals surface area contributed by atoms with Crippen molar-refractivity contribution in [1.29, 1.82) is 0 Å². The minimum atomic E-state index is 0.299. The lowest BCUT2D eigenvalue weighted by Gasteiger charge is -2.11. The van der Waals surface area contributed by atoms with E-state index in [1.165, 1.54) is 0 Å². The summed E-state index contributed by atoms with van der Waals surface area (Å²) in [6, 6.07) is 0.299. The third-order valence-electron chi connectivity index (χ3n) is 2.13. The van der Waals surface area contributed by atoms with Gasteiger partial charge in [0.25, 0.3) is 0 Å². The van der Waals surface area contributed by atoms with E-state index in [0.29, 0.717) is 6.04 Å². The maximum Gasteiger partial charge on any atom is 0.0898 e. The molecule has 2 rings (SSSR count). The van der Waals surface area contributed by atoms with Gasteiger partial charge in [0.15, 0.2) is 0 Å². The van der Waals surface area contributed by atoms with Crippen LogP contribution in [0, 0.1) is 6.92 Å². The number of ether oxygens (including phenoxy) is 1. The molecule has 1 saturated heterocycles. The summed E-state index contributed by atoms with van der Waals surface area (Å²) in [5.41, 5.74) is 1.13. The number of aromatic nitrogens is 1. The van der Waals surface area contributed by atoms with Crippen LogP contribution in [-0.2, 0) is 4.74 Å². The zero-order chi connectivity index (χ0) is 9.10. The van der Waals surface area contributed by atoms with Crippen LogP contribution >= 0.6 is 11.3 Å². The van der Waals surface area contributed by atoms with Gasteiger partial charge in [-0.3, -0.25) is 0 Å². The lowest BCUT2D eigenvalue weighted by Crippen LogP contribution is -2.23. The summed E-state index contributed by atoms with van der Waals surface area (Å²) in [4.78, 5) is 4.45. The molecule has 1 unspecified atom stereocenters. The Balaban J connectivity index is 2.06. The average Bonchev–Trinajstić information content (AvgIpc) is 2.43. The summed E-state index contributed by atoms with van der Waals surface area (Å²) in [6.45, 7) is 4.68. The molecule has 0 spiro atoms. The average molecular weight is 198 g/mol. The largest absolute Gasteiger partial charge is 0.379 e. The molecule has 1 aromatic heterocycles. The van der Waals surface area contributed by atoms with E-state index in [2.05, 4.69) is 15.7 Å². The molecule has 1 atom stereocenters. The molecule has 0 amide bonds. The smallest absolute Gasteiger partial charge is 0.0898 e. The Hall–Kier alpha value is -0.450. The Labute approximate surface area is 82.1 Å². The summed E-state index contributed by atoms with van der Waals surface area (Å²) >= 11 is 1.70. The highest BCUT2D eigenvalue weighted by molar-refractivity contribution is 7.09. The standard InChI is InChI=1S/C9H14N2OS/c1-7-11-9(6-13-7)8-5-12-4-2-3-10-8/h6,8,10H,2-5H2,1H3. The van der Waals surface area contributed by atoms with Crippen LogP contribution in [0.1, 0.15) is 23.2 Å². The van der Waals surface area contributed by atoms with Gasteiger partial charge in [-0.05, 0) is 19.9 Å². The predicted molar refractivity (Wildman–Crippen MR) is 53.0 cm³/mol. The molecule has 0 saturated carbocycles. The van der Waals surface area contributed by atoms with Crippen molar-refractivity contribution in [3.05, 3.63) is 16.1 Å². The third kappa shape index (κ3) is 2.27. The highest BCUT2D eigenvalue weighted by Gasteiger charge is 2.15. The van der Waals surface area contributed by atoms with E-state index in [1.807, 2.05) is 6.92 Å². The molecular formula is C9H14N2OS. The first-order chi connectivity index (χ1) is 6.36. The third-order valence-corrected chi connectivity index (χ3v) is 2.93. The number of hydrogen-bond donors (Lipinski definition) is 1. The van der Waals surface area contributed by atoms with Crippen LogP contribution in [0.15, 0.2) is 5.38 Å². The molecule has 1 aromatic rings. The molecule has 0 bridgehead atoms. The van der Waals surface area contributed by atoms with Crippen molar-refractivity contribution in [2.75, 3.05) is 19.8 Å². The minimum absolute atomic E-state index is 0.299. The molecule has 1 fully saturated rings. The normalized spacial score (nSPS) is 24.2. The highest BCUT2D eigenvalue weighted by atomic mass is 32.1. The van der Waals surface area contributed by atoms with Gasteiger partial charge in [-0.15, -0.1) is 11.3 Å². The van der Waals surface area contributed by atoms with E-state index in [0.717, 1.165) is 36.9 Å². The van der Waals surface area contributed by atoms with E-state index in [9.17, 15) is 0 Å². The van der Waals surface area contributed by atoms with E-state index in [-0.39, 0.29) is 0 Å². The number of nitrogens with one attached hydrogen (secondary N) is 1. The van der Waals surface area contributed by atoms with Crippen LogP contribution in [0.4, 0.5) is 0 Å². The molecule has 3 nitrogen and oxygen atoms in total. The number of rotatable bonds is 1. The first-order valence-corrected chi connectivity index (χ1v) is 5.47. The van der Waals surface area contributed by atoms with Gasteiger partial charge in [0, 0.05) is 12.0 Å². The van der Waals surface area contributed by atoms with Gasteiger partial charge < -0.3 is 10.1 Å². The lowest BCUT2D eigenvalue weighted by molar-refractivity contribution is 0.131. The molecular weight excluding hydrogens is 184 g/mol. The molecule has 2 heterocycles. The molecule has 1 aliphatic heterocycles. The summed E-state index contributed by atoms with van der Waals surface area (Å²) in [6.07, 6.45) is 1.10. The summed E-state index contributed by atoms with van der Waals surface area (Å²) in [5.74, 6) is 0. The topological polar surface area (TPSA) is 34.1 Å². The molecule has 72 valence electrons. The van der Waals surface area contributed by atoms with Gasteiger partial charge in [-0.25, -0.2) is 4.98 Å². The summed E-state index contributed by atoms with van der Waals surface area (Å²) in [7, 11) is 0. The van der Waals surface area contributed by atoms with Crippen LogP contribution in [-0.4, -0.2) is 24.7 Å². The molecule has 0 radical (unpaired) electrons. The second kappa shape index (κ2) is 4.17. The second-order valence-corrected chi connectivity index (χ2v) is 4.29. The first-order valence-electron chi connectivity index (χ1n) is 4.59. The van der Waals surface area contributed by atoms with Crippen molar-refractivity contribution < 1.29 is 4.74 Å². The van der Waals surface area contributed by atoms with Gasteiger partial charge in [-0.2, -0.15) is 0 Å². The highest BCUT2D eigenvalue weighted by Crippen LogP contribution is 2.17. The van der Waals surface area contributed by atoms with Gasteiger partial charge in [0.05, 0.1) is 23.4 Å². The molecule has 13 heavy (non-hydrogen) atoms. The second-order valence-electron chi connectivity index (χ2n) is 3.23. The lowest BCUT2D eigenvalue weighted by atomic mass is 10.2. The monoisotopic (exact) mass is 198 g/mol. The van der Waals surface area contributed by atoms with Crippen LogP contribution in [0.5, 0.6) is 0 Å². The van der Waals surface area contributed by atoms with Gasteiger partial charge in [0.1, 0.15) is 0 Å². The molecule has 4 heteroatoms. The van der Waals surface area contributed by atoms with E-state index < -0.39 is 0 Å². The summed E-state index contributed by atoms with van der Waals surface area (Å²) in [5, 5.41) is 6.67. The predicted octanol–water partition coefficient (Wildman–Crippen LogP) is 1.50. The molecule has 1 aliphatic rings. The van der Waals surface area contributed by atoms with Gasteiger partial charge >= 0.3 is 0 Å². The fourth-order valence-electron chi connectivity index (χ4n) is 1.44. The van der Waals surface area contributed by atoms with Crippen LogP contribution in [0.2, 0.25) is 0 Å². The molecule has 0 aromatic carbocycles. The van der Waals surface area contributed by atoms with Gasteiger partial charge in [0.2, 0.25) is 0 Å². The van der Waals surface area contributed by atoms with Gasteiger partial charge in [-0.1, -0.05) is 0 Å². The summed E-state index contributed by atoms with van der Waals surface area (Å²) < 4.78 is 5.47. The Bertz CT molecular complexity index is 266. The van der Waals surface area contributed by atoms with E-state index in [1.54, 1.807) is 11.3 Å². The Kier molecular flexibility index (Phi) is 2.93. The molecule has 0 aliphatic carbocycles. The Morgan fingerprint density at radius 2 is 2.62 bits per heavy atom. The minimum Gasteiger partial charge on any atom is -0.379 e. The number of nitrogens with zero attached hydrogens (tertiary/aromatic N) is 1. The SMILES string of the molecule is Cc1nc(C2COCCCN2)cs1. The van der Waals surface area contributed by atoms with Crippen molar-refractivity contribution in [2.24, 2.45) is 0 Å². The number of thiazole rings is 1. The van der Waals surface area contributed by atoms with Crippen molar-refractivity contribution in [2.45, 2.75) is 19.4 Å². The van der Waals surface area contributed by atoms with Crippen molar-refractivity contribution >= 4 is 11.3 Å². The fourth-order valence-corrected chi connectivity index (χ4v) is 2.11. The molecule has 1 N–H and O–H groups in total. The zero-order valence-corrected chi connectivity index (χ0v) is 8.56. The Morgan fingerprint density at radius 3 is 3.38 bits per heavy atom. The maximum absolute atomic E-state index is 5.47. The quantitative estimate of drug-likeness (QED) is 0.742. The Morgan fingerprint density at radius 1 is 1.69 bits per heavy atom. The van der Waals surface area contributed by atoms with Crippen LogP contribution < -0.4 is 5.32 Å². The number of hydrogen-bond acceptors (Lipinski definition) is 4. The fraction of sp³-hybridized carbons (Fsp3) is 0.667. The first kappa shape index (κ1) is 9.12. The van der Waals surface area contributed by atoms with E-state index in [4.69, 9.17) is 4.74 Å². The van der Waals surface area contributed by atoms with Crippen LogP contribution in [0.25, 0.3) is 0 Å². The maximum atomic E-state index is 5.47. The van der Waals surface area contributed by atoms with Crippen molar-refractivity contribution in [3.63, 3.8) is 0 Å². The van der Waals surface area contributed by atoms with Crippen molar-refractivity contribution in [1.82, 2.24) is 10.3 Å². The van der Waals surface area contributed by atoms with Crippen LogP contribution in [0.3, 0.4) is 0 Å². The number of aryl methyl sites for hydroxylation is 1. The van der Waals surface area contributed by atoms with Crippen molar-refractivity contribution in [3.8, 4) is 0 Å². The van der Waals surface area contributed by atoms with E-state index >= 15 is 0 Å². The zero-order valence-electron chi connectivity index (χ0n) is 7.75.